The van der Waals surface area contributed by atoms with E-state index in [1.54, 1.807) is 0 Å². The monoisotopic (exact) mass is 333 g/mol. The molecule has 2 aromatic heterocycles. The Labute approximate surface area is 142 Å². The lowest BCUT2D eigenvalue weighted by Gasteiger charge is -2.27. The predicted molar refractivity (Wildman–Crippen MR) is 89.4 cm³/mol. The molecule has 1 fully saturated rings. The third kappa shape index (κ3) is 3.10. The van der Waals surface area contributed by atoms with E-state index in [0.29, 0.717) is 12.4 Å². The number of rotatable bonds is 7. The minimum Gasteiger partial charge on any atom is -0.394 e. The van der Waals surface area contributed by atoms with Crippen LogP contribution in [-0.2, 0) is 25.0 Å². The summed E-state index contributed by atoms with van der Waals surface area (Å²) < 4.78 is 7.21. The van der Waals surface area contributed by atoms with Crippen molar-refractivity contribution in [1.82, 2.24) is 25.2 Å². The van der Waals surface area contributed by atoms with Crippen LogP contribution in [0.4, 0.5) is 0 Å². The zero-order valence-electron chi connectivity index (χ0n) is 14.8. The second kappa shape index (κ2) is 7.03. The van der Waals surface area contributed by atoms with Crippen LogP contribution in [0, 0.1) is 13.8 Å². The average molecular weight is 333 g/mol. The Kier molecular flexibility index (Phi) is 5.01. The smallest absolute Gasteiger partial charge is 0.226 e. The fourth-order valence-electron chi connectivity index (χ4n) is 3.61. The zero-order chi connectivity index (χ0) is 17.2. The molecule has 1 saturated carbocycles. The third-order valence-corrected chi connectivity index (χ3v) is 5.10. The lowest BCUT2D eigenvalue weighted by molar-refractivity contribution is 0.267. The van der Waals surface area contributed by atoms with E-state index < -0.39 is 0 Å². The largest absolute Gasteiger partial charge is 0.394 e. The zero-order valence-corrected chi connectivity index (χ0v) is 14.8. The summed E-state index contributed by atoms with van der Waals surface area (Å²) in [6.45, 7) is 7.44. The van der Waals surface area contributed by atoms with Crippen LogP contribution in [0.15, 0.2) is 4.52 Å². The number of aliphatic hydroxyl groups excluding tert-OH is 1. The molecular formula is C17H27N5O2. The van der Waals surface area contributed by atoms with Gasteiger partial charge in [0.1, 0.15) is 0 Å². The summed E-state index contributed by atoms with van der Waals surface area (Å²) in [7, 11) is 0. The van der Waals surface area contributed by atoms with Crippen LogP contribution in [0.3, 0.4) is 0 Å². The van der Waals surface area contributed by atoms with Gasteiger partial charge < -0.3 is 14.9 Å². The van der Waals surface area contributed by atoms with Crippen LogP contribution in [0.25, 0.3) is 0 Å². The standard InChI is InChI=1S/C17H27N5O2/c1-4-15-19-16(21-24-15)17(7-5-6-8-17)18-11-14-12(2)20-22(9-10-23)13(14)3/h18,23H,4-11H2,1-3H3. The van der Waals surface area contributed by atoms with E-state index >= 15 is 0 Å². The Bertz CT molecular complexity index is 685. The normalized spacial score (nSPS) is 16.8. The van der Waals surface area contributed by atoms with Crippen LogP contribution >= 0.6 is 0 Å². The number of aliphatic hydroxyl groups is 1. The number of hydrogen-bond acceptors (Lipinski definition) is 6. The number of aryl methyl sites for hydroxylation is 2. The molecule has 0 amide bonds. The Morgan fingerprint density at radius 3 is 2.67 bits per heavy atom. The van der Waals surface area contributed by atoms with Crippen molar-refractivity contribution in [3.05, 3.63) is 28.7 Å². The van der Waals surface area contributed by atoms with E-state index in [1.165, 1.54) is 18.4 Å². The molecule has 2 aromatic rings. The van der Waals surface area contributed by atoms with Gasteiger partial charge in [-0.05, 0) is 26.7 Å². The van der Waals surface area contributed by atoms with Gasteiger partial charge in [0, 0.05) is 24.2 Å². The van der Waals surface area contributed by atoms with Crippen molar-refractivity contribution in [2.75, 3.05) is 6.61 Å². The van der Waals surface area contributed by atoms with Crippen molar-refractivity contribution in [3.63, 3.8) is 0 Å². The first-order valence-corrected chi connectivity index (χ1v) is 8.81. The lowest BCUT2D eigenvalue weighted by atomic mass is 9.96. The predicted octanol–water partition coefficient (Wildman–Crippen LogP) is 2.00. The second-order valence-corrected chi connectivity index (χ2v) is 6.60. The summed E-state index contributed by atoms with van der Waals surface area (Å²) in [4.78, 5) is 4.58. The molecule has 0 bridgehead atoms. The highest BCUT2D eigenvalue weighted by Gasteiger charge is 2.39. The first-order valence-electron chi connectivity index (χ1n) is 8.81. The number of aromatic nitrogens is 4. The molecule has 132 valence electrons. The van der Waals surface area contributed by atoms with E-state index in [9.17, 15) is 0 Å². The number of hydrogen-bond donors (Lipinski definition) is 2. The maximum atomic E-state index is 9.16. The maximum Gasteiger partial charge on any atom is 0.226 e. The first kappa shape index (κ1) is 17.1. The van der Waals surface area contributed by atoms with E-state index in [-0.39, 0.29) is 12.1 Å². The summed E-state index contributed by atoms with van der Waals surface area (Å²) in [5, 5.41) is 21.6. The van der Waals surface area contributed by atoms with Gasteiger partial charge in [0.2, 0.25) is 5.89 Å². The Balaban J connectivity index is 1.80. The van der Waals surface area contributed by atoms with E-state index in [1.807, 2.05) is 18.5 Å². The summed E-state index contributed by atoms with van der Waals surface area (Å²) in [6.07, 6.45) is 5.15. The van der Waals surface area contributed by atoms with Gasteiger partial charge in [-0.1, -0.05) is 24.9 Å². The highest BCUT2D eigenvalue weighted by Crippen LogP contribution is 2.37. The molecule has 2 heterocycles. The molecule has 7 nitrogen and oxygen atoms in total. The minimum absolute atomic E-state index is 0.0986. The number of nitrogens with zero attached hydrogens (tertiary/aromatic N) is 4. The van der Waals surface area contributed by atoms with E-state index in [2.05, 4.69) is 27.5 Å². The van der Waals surface area contributed by atoms with Crippen LogP contribution < -0.4 is 5.32 Å². The van der Waals surface area contributed by atoms with E-state index in [4.69, 9.17) is 9.63 Å². The van der Waals surface area contributed by atoms with Crippen LogP contribution in [0.5, 0.6) is 0 Å². The molecule has 0 radical (unpaired) electrons. The molecule has 2 N–H and O–H groups in total. The molecule has 0 aromatic carbocycles. The summed E-state index contributed by atoms with van der Waals surface area (Å²) in [5.74, 6) is 1.48. The van der Waals surface area contributed by atoms with Crippen LogP contribution in [-0.4, -0.2) is 31.6 Å². The SMILES string of the molecule is CCc1nc(C2(NCc3c(C)nn(CCO)c3C)CCCC2)no1. The Hall–Kier alpha value is -1.73. The lowest BCUT2D eigenvalue weighted by Crippen LogP contribution is -2.40. The fraction of sp³-hybridized carbons (Fsp3) is 0.706. The van der Waals surface area contributed by atoms with Gasteiger partial charge in [-0.15, -0.1) is 0 Å². The molecule has 0 atom stereocenters. The summed E-state index contributed by atoms with van der Waals surface area (Å²) >= 11 is 0. The van der Waals surface area contributed by atoms with Crippen molar-refractivity contribution < 1.29 is 9.63 Å². The molecule has 0 saturated heterocycles. The minimum atomic E-state index is -0.200. The molecule has 1 aliphatic rings. The van der Waals surface area contributed by atoms with Gasteiger partial charge in [0.15, 0.2) is 5.82 Å². The highest BCUT2D eigenvalue weighted by atomic mass is 16.5. The molecule has 0 aliphatic heterocycles. The first-order chi connectivity index (χ1) is 11.6. The molecule has 1 aliphatic carbocycles. The van der Waals surface area contributed by atoms with Crippen molar-refractivity contribution in [2.24, 2.45) is 0 Å². The van der Waals surface area contributed by atoms with Crippen molar-refractivity contribution in [2.45, 2.75) is 71.5 Å². The summed E-state index contributed by atoms with van der Waals surface area (Å²) in [6, 6.07) is 0. The van der Waals surface area contributed by atoms with Gasteiger partial charge in [0.25, 0.3) is 0 Å². The number of nitrogens with one attached hydrogen (secondary N) is 1. The molecule has 3 rings (SSSR count). The van der Waals surface area contributed by atoms with Crippen LogP contribution in [0.1, 0.15) is 61.3 Å². The van der Waals surface area contributed by atoms with Crippen molar-refractivity contribution in [3.8, 4) is 0 Å². The van der Waals surface area contributed by atoms with Gasteiger partial charge in [-0.2, -0.15) is 10.1 Å². The average Bonchev–Trinajstić information content (AvgIpc) is 3.28. The fourth-order valence-corrected chi connectivity index (χ4v) is 3.61. The van der Waals surface area contributed by atoms with Gasteiger partial charge in [-0.25, -0.2) is 0 Å². The topological polar surface area (TPSA) is 89.0 Å². The van der Waals surface area contributed by atoms with Gasteiger partial charge >= 0.3 is 0 Å². The second-order valence-electron chi connectivity index (χ2n) is 6.60. The molecule has 24 heavy (non-hydrogen) atoms. The molecule has 0 unspecified atom stereocenters. The molecule has 0 spiro atoms. The Morgan fingerprint density at radius 1 is 1.29 bits per heavy atom. The maximum absolute atomic E-state index is 9.16. The Morgan fingerprint density at radius 2 is 2.04 bits per heavy atom. The molecular weight excluding hydrogens is 306 g/mol. The highest BCUT2D eigenvalue weighted by molar-refractivity contribution is 5.25. The quantitative estimate of drug-likeness (QED) is 0.805. The van der Waals surface area contributed by atoms with Crippen molar-refractivity contribution in [1.29, 1.82) is 0 Å². The van der Waals surface area contributed by atoms with Crippen LogP contribution in [0.2, 0.25) is 0 Å². The third-order valence-electron chi connectivity index (χ3n) is 5.10. The van der Waals surface area contributed by atoms with E-state index in [0.717, 1.165) is 43.0 Å². The van der Waals surface area contributed by atoms with Gasteiger partial charge in [-0.3, -0.25) is 4.68 Å². The van der Waals surface area contributed by atoms with Crippen molar-refractivity contribution >= 4 is 0 Å². The summed E-state index contributed by atoms with van der Waals surface area (Å²) in [5.41, 5.74) is 3.09. The molecule has 7 heteroatoms. The van der Waals surface area contributed by atoms with Gasteiger partial charge in [0.05, 0.1) is 24.4 Å².